The highest BCUT2D eigenvalue weighted by Gasteiger charge is 2.22. The summed E-state index contributed by atoms with van der Waals surface area (Å²) < 4.78 is 32.5. The third-order valence-electron chi connectivity index (χ3n) is 3.87. The Hall–Kier alpha value is -1.44. The number of sulfonamides is 1. The molecule has 0 aliphatic carbocycles. The van der Waals surface area contributed by atoms with Crippen LogP contribution >= 0.6 is 0 Å². The summed E-state index contributed by atoms with van der Waals surface area (Å²) in [5.41, 5.74) is 1.57. The summed E-state index contributed by atoms with van der Waals surface area (Å²) in [6.07, 6.45) is 1.85. The van der Waals surface area contributed by atoms with Crippen LogP contribution in [0.5, 0.6) is 0 Å². The van der Waals surface area contributed by atoms with E-state index in [1.807, 2.05) is 0 Å². The zero-order chi connectivity index (χ0) is 14.9. The van der Waals surface area contributed by atoms with Crippen molar-refractivity contribution in [2.24, 2.45) is 5.92 Å². The van der Waals surface area contributed by atoms with Crippen molar-refractivity contribution in [3.05, 3.63) is 23.8 Å². The van der Waals surface area contributed by atoms with Crippen molar-refractivity contribution in [1.82, 2.24) is 4.72 Å². The van der Waals surface area contributed by atoms with Gasteiger partial charge in [0, 0.05) is 25.3 Å². The molecule has 2 aliphatic rings. The first-order chi connectivity index (χ1) is 10.0. The summed E-state index contributed by atoms with van der Waals surface area (Å²) >= 11 is 0. The molecular weight excluding hydrogens is 292 g/mol. The summed E-state index contributed by atoms with van der Waals surface area (Å²) in [4.78, 5) is 11.6. The van der Waals surface area contributed by atoms with Gasteiger partial charge in [0.25, 0.3) is 0 Å². The van der Waals surface area contributed by atoms with E-state index < -0.39 is 10.0 Å². The normalized spacial score (nSPS) is 21.9. The fourth-order valence-electron chi connectivity index (χ4n) is 2.58. The Balaban J connectivity index is 1.74. The lowest BCUT2D eigenvalue weighted by Crippen LogP contribution is -2.30. The van der Waals surface area contributed by atoms with E-state index >= 15 is 0 Å². The van der Waals surface area contributed by atoms with Crippen LogP contribution in [-0.2, 0) is 26.0 Å². The number of rotatable bonds is 4. The third kappa shape index (κ3) is 3.25. The van der Waals surface area contributed by atoms with Gasteiger partial charge in [-0.2, -0.15) is 0 Å². The molecule has 1 amide bonds. The zero-order valence-corrected chi connectivity index (χ0v) is 12.4. The van der Waals surface area contributed by atoms with E-state index in [2.05, 4.69) is 10.0 Å². The molecule has 2 aliphatic heterocycles. The van der Waals surface area contributed by atoms with Crippen LogP contribution in [0.4, 0.5) is 5.69 Å². The van der Waals surface area contributed by atoms with Crippen molar-refractivity contribution in [2.75, 3.05) is 25.1 Å². The van der Waals surface area contributed by atoms with Gasteiger partial charge in [0.1, 0.15) is 0 Å². The van der Waals surface area contributed by atoms with E-state index in [1.54, 1.807) is 12.1 Å². The first-order valence-electron chi connectivity index (χ1n) is 7.05. The van der Waals surface area contributed by atoms with Crippen molar-refractivity contribution >= 4 is 21.6 Å². The van der Waals surface area contributed by atoms with E-state index in [4.69, 9.17) is 4.74 Å². The summed E-state index contributed by atoms with van der Waals surface area (Å²) in [7, 11) is -3.51. The number of amides is 1. The standard InChI is InChI=1S/C14H18N2O4S/c17-14-4-1-11-7-12(2-3-13(11)16-14)21(18,19)15-8-10-5-6-20-9-10/h2-3,7,10,15H,1,4-6,8-9H2,(H,16,17). The number of carbonyl (C=O) groups is 1. The molecule has 1 aromatic rings. The number of benzene rings is 1. The molecule has 2 heterocycles. The van der Waals surface area contributed by atoms with Gasteiger partial charge in [0.05, 0.1) is 11.5 Å². The van der Waals surface area contributed by atoms with Crippen LogP contribution in [-0.4, -0.2) is 34.1 Å². The topological polar surface area (TPSA) is 84.5 Å². The second-order valence-corrected chi connectivity index (χ2v) is 7.22. The molecule has 0 radical (unpaired) electrons. The molecule has 1 atom stereocenters. The first kappa shape index (κ1) is 14.5. The van der Waals surface area contributed by atoms with E-state index in [9.17, 15) is 13.2 Å². The van der Waals surface area contributed by atoms with Crippen molar-refractivity contribution in [1.29, 1.82) is 0 Å². The minimum absolute atomic E-state index is 0.0301. The molecule has 2 N–H and O–H groups in total. The smallest absolute Gasteiger partial charge is 0.240 e. The van der Waals surface area contributed by atoms with Crippen molar-refractivity contribution in [3.63, 3.8) is 0 Å². The van der Waals surface area contributed by atoms with Crippen molar-refractivity contribution < 1.29 is 17.9 Å². The van der Waals surface area contributed by atoms with Crippen molar-refractivity contribution in [2.45, 2.75) is 24.2 Å². The molecule has 0 spiro atoms. The molecule has 0 aromatic heterocycles. The molecule has 0 bridgehead atoms. The number of nitrogens with one attached hydrogen (secondary N) is 2. The van der Waals surface area contributed by atoms with Crippen LogP contribution in [0.2, 0.25) is 0 Å². The van der Waals surface area contributed by atoms with E-state index in [0.717, 1.165) is 12.0 Å². The number of fused-ring (bicyclic) bond motifs is 1. The Bertz CT molecular complexity index is 651. The molecule has 6 nitrogen and oxygen atoms in total. The average Bonchev–Trinajstić information content (AvgIpc) is 2.98. The van der Waals surface area contributed by atoms with Gasteiger partial charge in [-0.1, -0.05) is 0 Å². The fourth-order valence-corrected chi connectivity index (χ4v) is 3.75. The van der Waals surface area contributed by atoms with Gasteiger partial charge in [0.2, 0.25) is 15.9 Å². The highest BCUT2D eigenvalue weighted by atomic mass is 32.2. The van der Waals surface area contributed by atoms with E-state index in [-0.39, 0.29) is 16.7 Å². The maximum Gasteiger partial charge on any atom is 0.240 e. The van der Waals surface area contributed by atoms with Crippen LogP contribution in [0, 0.1) is 5.92 Å². The lowest BCUT2D eigenvalue weighted by atomic mass is 10.0. The number of aryl methyl sites for hydroxylation is 1. The fraction of sp³-hybridized carbons (Fsp3) is 0.500. The summed E-state index contributed by atoms with van der Waals surface area (Å²) in [5, 5.41) is 2.74. The minimum atomic E-state index is -3.51. The summed E-state index contributed by atoms with van der Waals surface area (Å²) in [6.45, 7) is 1.71. The van der Waals surface area contributed by atoms with Crippen LogP contribution in [0.3, 0.4) is 0 Å². The van der Waals surface area contributed by atoms with Gasteiger partial charge < -0.3 is 10.1 Å². The predicted molar refractivity (Wildman–Crippen MR) is 77.5 cm³/mol. The molecule has 114 valence electrons. The van der Waals surface area contributed by atoms with Crippen LogP contribution < -0.4 is 10.0 Å². The predicted octanol–water partition coefficient (Wildman–Crippen LogP) is 0.886. The van der Waals surface area contributed by atoms with Gasteiger partial charge in [-0.25, -0.2) is 13.1 Å². The molecular formula is C14H18N2O4S. The molecule has 1 unspecified atom stereocenters. The van der Waals surface area contributed by atoms with Crippen LogP contribution in [0.1, 0.15) is 18.4 Å². The first-order valence-corrected chi connectivity index (χ1v) is 8.53. The Labute approximate surface area is 123 Å². The quantitative estimate of drug-likeness (QED) is 0.865. The molecule has 1 fully saturated rings. The molecule has 0 saturated carbocycles. The van der Waals surface area contributed by atoms with Gasteiger partial charge in [0.15, 0.2) is 0 Å². The second kappa shape index (κ2) is 5.75. The summed E-state index contributed by atoms with van der Waals surface area (Å²) in [5.74, 6) is 0.217. The van der Waals surface area contributed by atoms with Crippen LogP contribution in [0.15, 0.2) is 23.1 Å². The molecule has 21 heavy (non-hydrogen) atoms. The number of ether oxygens (including phenoxy) is 1. The highest BCUT2D eigenvalue weighted by Crippen LogP contribution is 2.25. The molecule has 7 heteroatoms. The van der Waals surface area contributed by atoms with Crippen molar-refractivity contribution in [3.8, 4) is 0 Å². The molecule has 1 aromatic carbocycles. The largest absolute Gasteiger partial charge is 0.381 e. The highest BCUT2D eigenvalue weighted by molar-refractivity contribution is 7.89. The Morgan fingerprint density at radius 3 is 2.95 bits per heavy atom. The van der Waals surface area contributed by atoms with Gasteiger partial charge in [-0.3, -0.25) is 4.79 Å². The number of carbonyl (C=O) groups excluding carboxylic acids is 1. The molecule has 1 saturated heterocycles. The van der Waals surface area contributed by atoms with E-state index in [0.29, 0.717) is 38.3 Å². The lowest BCUT2D eigenvalue weighted by molar-refractivity contribution is -0.116. The Kier molecular flexibility index (Phi) is 3.97. The zero-order valence-electron chi connectivity index (χ0n) is 11.6. The maximum absolute atomic E-state index is 12.3. The third-order valence-corrected chi connectivity index (χ3v) is 5.29. The summed E-state index contributed by atoms with van der Waals surface area (Å²) in [6, 6.07) is 4.82. The lowest BCUT2D eigenvalue weighted by Gasteiger charge is -2.18. The van der Waals surface area contributed by atoms with Crippen LogP contribution in [0.25, 0.3) is 0 Å². The van der Waals surface area contributed by atoms with Gasteiger partial charge in [-0.05, 0) is 42.5 Å². The number of hydrogen-bond donors (Lipinski definition) is 2. The Morgan fingerprint density at radius 1 is 1.33 bits per heavy atom. The maximum atomic E-state index is 12.3. The Morgan fingerprint density at radius 2 is 2.19 bits per heavy atom. The second-order valence-electron chi connectivity index (χ2n) is 5.45. The van der Waals surface area contributed by atoms with Gasteiger partial charge in [-0.15, -0.1) is 0 Å². The number of anilines is 1. The average molecular weight is 310 g/mol. The van der Waals surface area contributed by atoms with E-state index in [1.165, 1.54) is 6.07 Å². The number of hydrogen-bond acceptors (Lipinski definition) is 4. The minimum Gasteiger partial charge on any atom is -0.381 e. The monoisotopic (exact) mass is 310 g/mol. The van der Waals surface area contributed by atoms with Gasteiger partial charge >= 0.3 is 0 Å². The SMILES string of the molecule is O=C1CCc2cc(S(=O)(=O)NCC3CCOC3)ccc2N1. The molecule has 3 rings (SSSR count).